The minimum atomic E-state index is 0.847. The van der Waals surface area contributed by atoms with Gasteiger partial charge in [0.05, 0.1) is 8.55 Å². The number of aryl methyl sites for hydroxylation is 1. The molecule has 0 atom stereocenters. The van der Waals surface area contributed by atoms with Gasteiger partial charge in [-0.15, -0.1) is 11.3 Å². The third-order valence-corrected chi connectivity index (χ3v) is 4.16. The van der Waals surface area contributed by atoms with E-state index < -0.39 is 0 Å². The standard InChI is InChI=1S/C11H9ClS2/c1-8-2-4-9(5-3-8)13-11-7-6-10(12)14-11/h2-7H,1H3. The van der Waals surface area contributed by atoms with Gasteiger partial charge in [0.25, 0.3) is 0 Å². The summed E-state index contributed by atoms with van der Waals surface area (Å²) in [6, 6.07) is 12.5. The zero-order valence-corrected chi connectivity index (χ0v) is 10.0. The summed E-state index contributed by atoms with van der Waals surface area (Å²) in [5.74, 6) is 0. The molecule has 72 valence electrons. The number of hydrogen-bond donors (Lipinski definition) is 0. The summed E-state index contributed by atoms with van der Waals surface area (Å²) < 4.78 is 2.08. The van der Waals surface area contributed by atoms with Gasteiger partial charge < -0.3 is 0 Å². The number of halogens is 1. The Kier molecular flexibility index (Phi) is 3.16. The molecule has 0 aliphatic carbocycles. The van der Waals surface area contributed by atoms with Crippen LogP contribution in [0.25, 0.3) is 0 Å². The highest BCUT2D eigenvalue weighted by molar-refractivity contribution is 8.01. The molecule has 0 amide bonds. The SMILES string of the molecule is Cc1ccc(Sc2ccc(Cl)s2)cc1. The number of thiophene rings is 1. The van der Waals surface area contributed by atoms with E-state index in [4.69, 9.17) is 11.6 Å². The van der Waals surface area contributed by atoms with Gasteiger partial charge in [0.2, 0.25) is 0 Å². The predicted octanol–water partition coefficient (Wildman–Crippen LogP) is 4.86. The fourth-order valence-corrected chi connectivity index (χ4v) is 3.35. The van der Waals surface area contributed by atoms with Crippen LogP contribution in [0.2, 0.25) is 4.34 Å². The Bertz CT molecular complexity index is 417. The Morgan fingerprint density at radius 2 is 1.79 bits per heavy atom. The van der Waals surface area contributed by atoms with Crippen LogP contribution in [0.3, 0.4) is 0 Å². The fraction of sp³-hybridized carbons (Fsp3) is 0.0909. The van der Waals surface area contributed by atoms with Crippen molar-refractivity contribution in [3.63, 3.8) is 0 Å². The normalized spacial score (nSPS) is 10.4. The van der Waals surface area contributed by atoms with E-state index in [0.717, 1.165) is 4.34 Å². The summed E-state index contributed by atoms with van der Waals surface area (Å²) in [6.45, 7) is 2.09. The first-order valence-electron chi connectivity index (χ1n) is 4.24. The molecular weight excluding hydrogens is 232 g/mol. The first-order chi connectivity index (χ1) is 6.74. The second-order valence-electron chi connectivity index (χ2n) is 2.97. The van der Waals surface area contributed by atoms with Crippen molar-refractivity contribution < 1.29 is 0 Å². The van der Waals surface area contributed by atoms with E-state index in [-0.39, 0.29) is 0 Å². The van der Waals surface area contributed by atoms with E-state index in [2.05, 4.69) is 37.3 Å². The summed E-state index contributed by atoms with van der Waals surface area (Å²) in [4.78, 5) is 1.26. The van der Waals surface area contributed by atoms with Crippen molar-refractivity contribution in [1.82, 2.24) is 0 Å². The Hall–Kier alpha value is -0.440. The van der Waals surface area contributed by atoms with Crippen LogP contribution in [-0.4, -0.2) is 0 Å². The second kappa shape index (κ2) is 4.39. The number of benzene rings is 1. The maximum absolute atomic E-state index is 5.86. The predicted molar refractivity (Wildman–Crippen MR) is 64.6 cm³/mol. The molecule has 0 radical (unpaired) electrons. The van der Waals surface area contributed by atoms with Crippen molar-refractivity contribution in [3.8, 4) is 0 Å². The van der Waals surface area contributed by atoms with Crippen molar-refractivity contribution in [3.05, 3.63) is 46.3 Å². The van der Waals surface area contributed by atoms with Crippen molar-refractivity contribution in [2.75, 3.05) is 0 Å². The van der Waals surface area contributed by atoms with Gasteiger partial charge in [-0.05, 0) is 31.2 Å². The van der Waals surface area contributed by atoms with Gasteiger partial charge in [-0.1, -0.05) is 41.1 Å². The van der Waals surface area contributed by atoms with Crippen molar-refractivity contribution in [2.45, 2.75) is 16.0 Å². The Labute approximate surface area is 96.9 Å². The minimum Gasteiger partial charge on any atom is -0.117 e. The van der Waals surface area contributed by atoms with E-state index in [9.17, 15) is 0 Å². The molecule has 14 heavy (non-hydrogen) atoms. The monoisotopic (exact) mass is 240 g/mol. The Morgan fingerprint density at radius 3 is 2.36 bits per heavy atom. The first kappa shape index (κ1) is 10.1. The number of rotatable bonds is 2. The van der Waals surface area contributed by atoms with Gasteiger partial charge in [-0.2, -0.15) is 0 Å². The lowest BCUT2D eigenvalue weighted by Crippen LogP contribution is -1.71. The molecule has 1 aromatic heterocycles. The zero-order chi connectivity index (χ0) is 9.97. The van der Waals surface area contributed by atoms with Gasteiger partial charge in [0, 0.05) is 4.90 Å². The molecule has 1 heterocycles. The van der Waals surface area contributed by atoms with E-state index in [1.54, 1.807) is 23.1 Å². The van der Waals surface area contributed by atoms with Crippen LogP contribution in [0.15, 0.2) is 45.5 Å². The molecule has 1 aromatic carbocycles. The van der Waals surface area contributed by atoms with E-state index in [1.807, 2.05) is 6.07 Å². The molecule has 0 bridgehead atoms. The topological polar surface area (TPSA) is 0 Å². The average molecular weight is 241 g/mol. The molecule has 0 fully saturated rings. The van der Waals surface area contributed by atoms with Crippen LogP contribution in [-0.2, 0) is 0 Å². The summed E-state index contributed by atoms with van der Waals surface area (Å²) in [7, 11) is 0. The van der Waals surface area contributed by atoms with Gasteiger partial charge >= 0.3 is 0 Å². The van der Waals surface area contributed by atoms with Crippen LogP contribution < -0.4 is 0 Å². The zero-order valence-electron chi connectivity index (χ0n) is 7.66. The molecule has 0 spiro atoms. The Balaban J connectivity index is 2.15. The van der Waals surface area contributed by atoms with Crippen LogP contribution in [0.4, 0.5) is 0 Å². The second-order valence-corrected chi connectivity index (χ2v) is 6.06. The summed E-state index contributed by atoms with van der Waals surface area (Å²) in [6.07, 6.45) is 0. The van der Waals surface area contributed by atoms with E-state index in [0.29, 0.717) is 0 Å². The lowest BCUT2D eigenvalue weighted by Gasteiger charge is -1.98. The molecule has 0 N–H and O–H groups in total. The lowest BCUT2D eigenvalue weighted by molar-refractivity contribution is 1.38. The molecular formula is C11H9ClS2. The summed E-state index contributed by atoms with van der Waals surface area (Å²) >= 11 is 9.22. The smallest absolute Gasteiger partial charge is 0.0940 e. The summed E-state index contributed by atoms with van der Waals surface area (Å²) in [5.41, 5.74) is 1.29. The molecule has 0 aliphatic rings. The quantitative estimate of drug-likeness (QED) is 0.722. The third-order valence-electron chi connectivity index (χ3n) is 1.79. The molecule has 0 nitrogen and oxygen atoms in total. The largest absolute Gasteiger partial charge is 0.117 e. The number of hydrogen-bond acceptors (Lipinski definition) is 2. The lowest BCUT2D eigenvalue weighted by atomic mass is 10.2. The maximum atomic E-state index is 5.86. The van der Waals surface area contributed by atoms with Gasteiger partial charge in [0.1, 0.15) is 0 Å². The fourth-order valence-electron chi connectivity index (χ4n) is 1.08. The van der Waals surface area contributed by atoms with Gasteiger partial charge in [-0.3, -0.25) is 0 Å². The van der Waals surface area contributed by atoms with Crippen LogP contribution in [0.5, 0.6) is 0 Å². The van der Waals surface area contributed by atoms with Crippen molar-refractivity contribution >= 4 is 34.7 Å². The van der Waals surface area contributed by atoms with Gasteiger partial charge in [-0.25, -0.2) is 0 Å². The van der Waals surface area contributed by atoms with E-state index >= 15 is 0 Å². The van der Waals surface area contributed by atoms with Crippen LogP contribution >= 0.6 is 34.7 Å². The molecule has 3 heteroatoms. The minimum absolute atomic E-state index is 0.847. The van der Waals surface area contributed by atoms with Crippen LogP contribution in [0.1, 0.15) is 5.56 Å². The molecule has 0 saturated heterocycles. The highest BCUT2D eigenvalue weighted by Crippen LogP contribution is 2.35. The maximum Gasteiger partial charge on any atom is 0.0940 e. The Morgan fingerprint density at radius 1 is 1.07 bits per heavy atom. The van der Waals surface area contributed by atoms with E-state index in [1.165, 1.54) is 14.7 Å². The van der Waals surface area contributed by atoms with Gasteiger partial charge in [0.15, 0.2) is 0 Å². The molecule has 0 unspecified atom stereocenters. The highest BCUT2D eigenvalue weighted by atomic mass is 35.5. The first-order valence-corrected chi connectivity index (χ1v) is 6.25. The average Bonchev–Trinajstić information content (AvgIpc) is 2.56. The van der Waals surface area contributed by atoms with Crippen LogP contribution in [0, 0.1) is 6.92 Å². The van der Waals surface area contributed by atoms with Crippen molar-refractivity contribution in [1.29, 1.82) is 0 Å². The molecule has 2 rings (SSSR count). The summed E-state index contributed by atoms with van der Waals surface area (Å²) in [5, 5.41) is 0. The highest BCUT2D eigenvalue weighted by Gasteiger charge is 2.00. The van der Waals surface area contributed by atoms with Crippen molar-refractivity contribution in [2.24, 2.45) is 0 Å². The molecule has 0 aliphatic heterocycles. The molecule has 0 saturated carbocycles. The third kappa shape index (κ3) is 2.53. The molecule has 2 aromatic rings.